The number of para-hydroxylation sites is 1. The number of allylic oxidation sites excluding steroid dienone is 1. The van der Waals surface area contributed by atoms with Crippen LogP contribution in [0.2, 0.25) is 0 Å². The molecular formula is C18H17N7OS. The van der Waals surface area contributed by atoms with Crippen LogP contribution in [0.4, 0.5) is 0 Å². The maximum Gasteiger partial charge on any atom is 0.253 e. The van der Waals surface area contributed by atoms with Crippen molar-refractivity contribution in [3.63, 3.8) is 0 Å². The number of fused-ring (bicyclic) bond motifs is 1. The molecule has 3 heterocycles. The quantitative estimate of drug-likeness (QED) is 0.376. The maximum atomic E-state index is 5.48. The van der Waals surface area contributed by atoms with Gasteiger partial charge in [0.2, 0.25) is 0 Å². The number of hydrogen-bond acceptors (Lipinski definition) is 7. The van der Waals surface area contributed by atoms with Crippen molar-refractivity contribution in [2.24, 2.45) is 0 Å². The van der Waals surface area contributed by atoms with Crippen LogP contribution in [0.15, 0.2) is 59.5 Å². The molecule has 0 saturated carbocycles. The third kappa shape index (κ3) is 3.17. The SMILES string of the molecule is C=CCn1c(Sc2cc(C)nc3ncnn23)nnc1-c1ccccc1OC. The summed E-state index contributed by atoms with van der Waals surface area (Å²) in [7, 11) is 1.64. The van der Waals surface area contributed by atoms with Gasteiger partial charge in [-0.25, -0.2) is 4.98 Å². The lowest BCUT2D eigenvalue weighted by molar-refractivity contribution is 0.416. The number of hydrogen-bond donors (Lipinski definition) is 0. The van der Waals surface area contributed by atoms with E-state index in [1.54, 1.807) is 11.6 Å². The first kappa shape index (κ1) is 17.2. The van der Waals surface area contributed by atoms with E-state index < -0.39 is 0 Å². The first-order valence-corrected chi connectivity index (χ1v) is 9.05. The van der Waals surface area contributed by atoms with E-state index >= 15 is 0 Å². The molecule has 4 aromatic rings. The number of nitrogens with zero attached hydrogens (tertiary/aromatic N) is 7. The van der Waals surface area contributed by atoms with Crippen LogP contribution < -0.4 is 4.74 Å². The topological polar surface area (TPSA) is 83.0 Å². The molecule has 0 aliphatic carbocycles. The van der Waals surface area contributed by atoms with E-state index in [2.05, 4.69) is 31.8 Å². The van der Waals surface area contributed by atoms with Gasteiger partial charge < -0.3 is 4.74 Å². The standard InChI is InChI=1S/C18H17N7OS/c1-4-9-24-16(13-7-5-6-8-14(13)26-3)22-23-18(24)27-15-10-12(2)21-17-19-11-20-25(15)17/h4-8,10-11H,1,9H2,2-3H3. The minimum absolute atomic E-state index is 0.553. The Morgan fingerprint density at radius 3 is 2.93 bits per heavy atom. The Hall–Kier alpha value is -3.20. The number of benzene rings is 1. The first-order valence-electron chi connectivity index (χ1n) is 8.24. The summed E-state index contributed by atoms with van der Waals surface area (Å²) in [5.41, 5.74) is 1.73. The molecule has 0 radical (unpaired) electrons. The zero-order chi connectivity index (χ0) is 18.8. The highest BCUT2D eigenvalue weighted by atomic mass is 32.2. The van der Waals surface area contributed by atoms with Crippen LogP contribution in [0.1, 0.15) is 5.69 Å². The van der Waals surface area contributed by atoms with Gasteiger partial charge in [0, 0.05) is 12.2 Å². The zero-order valence-electron chi connectivity index (χ0n) is 14.9. The van der Waals surface area contributed by atoms with Crippen molar-refractivity contribution < 1.29 is 4.74 Å². The third-order valence-electron chi connectivity index (χ3n) is 3.92. The van der Waals surface area contributed by atoms with Crippen LogP contribution in [-0.2, 0) is 6.54 Å². The van der Waals surface area contributed by atoms with Gasteiger partial charge in [0.15, 0.2) is 11.0 Å². The second-order valence-electron chi connectivity index (χ2n) is 5.72. The summed E-state index contributed by atoms with van der Waals surface area (Å²) in [6.07, 6.45) is 3.30. The highest BCUT2D eigenvalue weighted by molar-refractivity contribution is 7.99. The molecule has 0 bridgehead atoms. The molecule has 3 aromatic heterocycles. The summed E-state index contributed by atoms with van der Waals surface area (Å²) in [4.78, 5) is 8.54. The molecule has 136 valence electrons. The highest BCUT2D eigenvalue weighted by Crippen LogP contribution is 2.33. The van der Waals surface area contributed by atoms with Crippen molar-refractivity contribution in [1.82, 2.24) is 34.3 Å². The number of aromatic nitrogens is 7. The molecule has 0 N–H and O–H groups in total. The molecule has 0 atom stereocenters. The van der Waals surface area contributed by atoms with Crippen LogP contribution in [0.3, 0.4) is 0 Å². The van der Waals surface area contributed by atoms with Gasteiger partial charge in [0.25, 0.3) is 5.78 Å². The minimum Gasteiger partial charge on any atom is -0.496 e. The molecule has 0 saturated heterocycles. The lowest BCUT2D eigenvalue weighted by Crippen LogP contribution is -2.03. The Morgan fingerprint density at radius 2 is 2.11 bits per heavy atom. The second kappa shape index (κ2) is 7.20. The third-order valence-corrected chi connectivity index (χ3v) is 4.90. The van der Waals surface area contributed by atoms with Gasteiger partial charge in [0.1, 0.15) is 17.1 Å². The summed E-state index contributed by atoms with van der Waals surface area (Å²) in [6.45, 7) is 6.35. The summed E-state index contributed by atoms with van der Waals surface area (Å²) in [5.74, 6) is 2.01. The van der Waals surface area contributed by atoms with Crippen LogP contribution in [0.5, 0.6) is 5.75 Å². The van der Waals surface area contributed by atoms with Crippen LogP contribution in [-0.4, -0.2) is 41.5 Å². The molecule has 0 unspecified atom stereocenters. The van der Waals surface area contributed by atoms with Crippen molar-refractivity contribution in [3.8, 4) is 17.1 Å². The summed E-state index contributed by atoms with van der Waals surface area (Å²) in [5, 5.41) is 14.6. The second-order valence-corrected chi connectivity index (χ2v) is 6.70. The van der Waals surface area contributed by atoms with Gasteiger partial charge >= 0.3 is 0 Å². The Bertz CT molecular complexity index is 1120. The smallest absolute Gasteiger partial charge is 0.253 e. The Labute approximate surface area is 159 Å². The first-order chi connectivity index (χ1) is 13.2. The predicted octanol–water partition coefficient (Wildman–Crippen LogP) is 3.04. The molecule has 4 rings (SSSR count). The van der Waals surface area contributed by atoms with Crippen LogP contribution in [0.25, 0.3) is 17.2 Å². The van der Waals surface area contributed by atoms with E-state index in [-0.39, 0.29) is 0 Å². The predicted molar refractivity (Wildman–Crippen MR) is 102 cm³/mol. The number of methoxy groups -OCH3 is 1. The number of rotatable bonds is 6. The Morgan fingerprint density at radius 1 is 1.26 bits per heavy atom. The fourth-order valence-electron chi connectivity index (χ4n) is 2.75. The summed E-state index contributed by atoms with van der Waals surface area (Å²) < 4.78 is 9.16. The Balaban J connectivity index is 1.81. The van der Waals surface area contributed by atoms with Crippen molar-refractivity contribution in [2.45, 2.75) is 23.7 Å². The number of aryl methyl sites for hydroxylation is 1. The molecule has 0 spiro atoms. The van der Waals surface area contributed by atoms with Gasteiger partial charge in [-0.15, -0.1) is 16.8 Å². The molecule has 1 aromatic carbocycles. The molecular weight excluding hydrogens is 362 g/mol. The molecule has 0 fully saturated rings. The maximum absolute atomic E-state index is 5.48. The lowest BCUT2D eigenvalue weighted by Gasteiger charge is -2.11. The van der Waals surface area contributed by atoms with E-state index in [9.17, 15) is 0 Å². The number of ether oxygens (including phenoxy) is 1. The molecule has 0 aliphatic heterocycles. The molecule has 8 nitrogen and oxygen atoms in total. The van der Waals surface area contributed by atoms with Crippen molar-refractivity contribution in [3.05, 3.63) is 55.0 Å². The highest BCUT2D eigenvalue weighted by Gasteiger charge is 2.18. The van der Waals surface area contributed by atoms with E-state index in [1.165, 1.54) is 18.1 Å². The fraction of sp³-hybridized carbons (Fsp3) is 0.167. The monoisotopic (exact) mass is 379 g/mol. The van der Waals surface area contributed by atoms with E-state index in [1.807, 2.05) is 47.9 Å². The Kier molecular flexibility index (Phi) is 4.59. The summed E-state index contributed by atoms with van der Waals surface area (Å²) in [6, 6.07) is 9.68. The molecule has 27 heavy (non-hydrogen) atoms. The van der Waals surface area contributed by atoms with Crippen molar-refractivity contribution in [1.29, 1.82) is 0 Å². The molecule has 9 heteroatoms. The zero-order valence-corrected chi connectivity index (χ0v) is 15.7. The fourth-order valence-corrected chi connectivity index (χ4v) is 3.73. The average molecular weight is 379 g/mol. The molecule has 0 amide bonds. The van der Waals surface area contributed by atoms with Gasteiger partial charge in [-0.05, 0) is 36.9 Å². The largest absolute Gasteiger partial charge is 0.496 e. The normalized spacial score (nSPS) is 11.0. The van der Waals surface area contributed by atoms with Gasteiger partial charge in [-0.1, -0.05) is 18.2 Å². The average Bonchev–Trinajstić information content (AvgIpc) is 3.29. The van der Waals surface area contributed by atoms with Crippen LogP contribution in [0, 0.1) is 6.92 Å². The van der Waals surface area contributed by atoms with Crippen LogP contribution >= 0.6 is 11.8 Å². The lowest BCUT2D eigenvalue weighted by atomic mass is 10.2. The van der Waals surface area contributed by atoms with Crippen molar-refractivity contribution >= 4 is 17.5 Å². The minimum atomic E-state index is 0.553. The van der Waals surface area contributed by atoms with Gasteiger partial charge in [0.05, 0.1) is 12.7 Å². The van der Waals surface area contributed by atoms with Crippen molar-refractivity contribution in [2.75, 3.05) is 7.11 Å². The van der Waals surface area contributed by atoms with E-state index in [4.69, 9.17) is 4.74 Å². The van der Waals surface area contributed by atoms with E-state index in [0.29, 0.717) is 12.3 Å². The van der Waals surface area contributed by atoms with Gasteiger partial charge in [-0.2, -0.15) is 14.6 Å². The van der Waals surface area contributed by atoms with Gasteiger partial charge in [-0.3, -0.25) is 4.57 Å². The summed E-state index contributed by atoms with van der Waals surface area (Å²) >= 11 is 1.45. The van der Waals surface area contributed by atoms with E-state index in [0.717, 1.165) is 33.0 Å². The molecule has 0 aliphatic rings.